The van der Waals surface area contributed by atoms with Crippen molar-refractivity contribution in [3.8, 4) is 0 Å². The number of hydrogen-bond acceptors (Lipinski definition) is 1. The molecule has 0 aromatic heterocycles. The Morgan fingerprint density at radius 3 is 2.50 bits per heavy atom. The van der Waals surface area contributed by atoms with Gasteiger partial charge in [0, 0.05) is 5.69 Å². The van der Waals surface area contributed by atoms with Crippen LogP contribution in [0.15, 0.2) is 18.2 Å². The number of nitrogens with two attached hydrogens (primary N) is 1. The quantitative estimate of drug-likeness (QED) is 0.612. The molecule has 4 rings (SSSR count). The van der Waals surface area contributed by atoms with Gasteiger partial charge in [-0.15, -0.1) is 12.4 Å². The Morgan fingerprint density at radius 1 is 1.08 bits per heavy atom. The van der Waals surface area contributed by atoms with E-state index in [9.17, 15) is 0 Å². The summed E-state index contributed by atoms with van der Waals surface area (Å²) in [5.74, 6) is 1.74. The van der Waals surface area contributed by atoms with Gasteiger partial charge < -0.3 is 5.73 Å². The summed E-state index contributed by atoms with van der Waals surface area (Å²) in [4.78, 5) is 0. The molecule has 3 aliphatic carbocycles. The molecule has 2 bridgehead atoms. The number of halogens is 1. The summed E-state index contributed by atoms with van der Waals surface area (Å²) in [5, 5.41) is 0. The molecule has 64 valence electrons. The topological polar surface area (TPSA) is 26.0 Å². The summed E-state index contributed by atoms with van der Waals surface area (Å²) in [6, 6.07) is 6.40. The maximum Gasteiger partial charge on any atom is 0.0317 e. The van der Waals surface area contributed by atoms with Gasteiger partial charge >= 0.3 is 0 Å². The Morgan fingerprint density at radius 2 is 1.75 bits per heavy atom. The number of hydrogen-bond donors (Lipinski definition) is 1. The van der Waals surface area contributed by atoms with E-state index in [-0.39, 0.29) is 12.4 Å². The molecule has 1 nitrogen and oxygen atoms in total. The van der Waals surface area contributed by atoms with Crippen molar-refractivity contribution in [1.82, 2.24) is 0 Å². The molecule has 0 atom stereocenters. The van der Waals surface area contributed by atoms with Crippen molar-refractivity contribution < 1.29 is 0 Å². The molecule has 0 saturated heterocycles. The molecule has 12 heavy (non-hydrogen) atoms. The Hall–Kier alpha value is -0.690. The number of nitrogen functional groups attached to an aromatic ring is 1. The van der Waals surface area contributed by atoms with Gasteiger partial charge in [0.15, 0.2) is 0 Å². The first-order valence-corrected chi connectivity index (χ1v) is 4.24. The van der Waals surface area contributed by atoms with Gasteiger partial charge in [-0.1, -0.05) is 6.07 Å². The molecule has 3 aliphatic rings. The number of benzene rings is 1. The molecular formula is C10H12ClN. The van der Waals surface area contributed by atoms with E-state index in [1.807, 2.05) is 6.07 Å². The zero-order valence-electron chi connectivity index (χ0n) is 6.79. The van der Waals surface area contributed by atoms with Crippen LogP contribution in [0.25, 0.3) is 0 Å². The average molecular weight is 182 g/mol. The van der Waals surface area contributed by atoms with Gasteiger partial charge in [-0.3, -0.25) is 0 Å². The lowest BCUT2D eigenvalue weighted by atomic mass is 9.82. The molecule has 1 saturated carbocycles. The fraction of sp³-hybridized carbons (Fsp3) is 0.400. The van der Waals surface area contributed by atoms with Crippen molar-refractivity contribution in [1.29, 1.82) is 0 Å². The van der Waals surface area contributed by atoms with Crippen LogP contribution in [0.2, 0.25) is 0 Å². The highest BCUT2D eigenvalue weighted by molar-refractivity contribution is 5.85. The molecule has 0 amide bonds. The van der Waals surface area contributed by atoms with Crippen molar-refractivity contribution in [2.75, 3.05) is 5.73 Å². The second kappa shape index (κ2) is 2.40. The predicted octanol–water partition coefficient (Wildman–Crippen LogP) is 2.67. The van der Waals surface area contributed by atoms with E-state index in [0.717, 1.165) is 17.5 Å². The van der Waals surface area contributed by atoms with Crippen LogP contribution in [-0.4, -0.2) is 0 Å². The van der Waals surface area contributed by atoms with Crippen LogP contribution in [0.1, 0.15) is 35.8 Å². The van der Waals surface area contributed by atoms with Gasteiger partial charge in [0.2, 0.25) is 0 Å². The minimum Gasteiger partial charge on any atom is -0.399 e. The molecule has 2 heteroatoms. The van der Waals surface area contributed by atoms with E-state index < -0.39 is 0 Å². The Kier molecular flexibility index (Phi) is 1.58. The molecule has 0 radical (unpaired) electrons. The Balaban J connectivity index is 0.000000563. The molecule has 1 aromatic rings. The molecule has 1 fully saturated rings. The van der Waals surface area contributed by atoms with Gasteiger partial charge in [-0.05, 0) is 47.9 Å². The number of anilines is 1. The lowest BCUT2D eigenvalue weighted by Crippen LogP contribution is -2.06. The monoisotopic (exact) mass is 181 g/mol. The normalized spacial score (nSPS) is 28.7. The van der Waals surface area contributed by atoms with E-state index in [4.69, 9.17) is 5.73 Å². The lowest BCUT2D eigenvalue weighted by Gasteiger charge is -2.22. The standard InChI is InChI=1S/C10H11N.ClH/c11-8-1-2-9-6-3-7(4-6)10(9)5-8;/h1-2,5-7H,3-4,11H2;1H. The van der Waals surface area contributed by atoms with Crippen LogP contribution in [0.3, 0.4) is 0 Å². The zero-order chi connectivity index (χ0) is 7.42. The van der Waals surface area contributed by atoms with Crippen LogP contribution < -0.4 is 5.73 Å². The average Bonchev–Trinajstić information content (AvgIpc) is 2.36. The van der Waals surface area contributed by atoms with Crippen LogP contribution >= 0.6 is 12.4 Å². The highest BCUT2D eigenvalue weighted by Crippen LogP contribution is 2.57. The molecule has 0 spiro atoms. The van der Waals surface area contributed by atoms with E-state index in [0.29, 0.717) is 0 Å². The highest BCUT2D eigenvalue weighted by Gasteiger charge is 2.41. The van der Waals surface area contributed by atoms with Crippen molar-refractivity contribution in [2.24, 2.45) is 0 Å². The van der Waals surface area contributed by atoms with Gasteiger partial charge in [0.25, 0.3) is 0 Å². The predicted molar refractivity (Wildman–Crippen MR) is 52.8 cm³/mol. The largest absolute Gasteiger partial charge is 0.399 e. The molecule has 0 unspecified atom stereocenters. The second-order valence-electron chi connectivity index (χ2n) is 3.75. The molecule has 2 N–H and O–H groups in total. The summed E-state index contributed by atoms with van der Waals surface area (Å²) in [6.45, 7) is 0. The van der Waals surface area contributed by atoms with E-state index >= 15 is 0 Å². The fourth-order valence-electron chi connectivity index (χ4n) is 2.44. The smallest absolute Gasteiger partial charge is 0.0317 e. The minimum atomic E-state index is 0. The first-order chi connectivity index (χ1) is 5.34. The molecule has 0 aliphatic heterocycles. The first kappa shape index (κ1) is 7.93. The van der Waals surface area contributed by atoms with Crippen molar-refractivity contribution in [3.05, 3.63) is 29.3 Å². The maximum absolute atomic E-state index is 5.71. The van der Waals surface area contributed by atoms with Gasteiger partial charge in [0.05, 0.1) is 0 Å². The fourth-order valence-corrected chi connectivity index (χ4v) is 2.44. The third kappa shape index (κ3) is 0.802. The van der Waals surface area contributed by atoms with Crippen LogP contribution in [0.5, 0.6) is 0 Å². The third-order valence-electron chi connectivity index (χ3n) is 3.13. The van der Waals surface area contributed by atoms with Crippen molar-refractivity contribution in [3.63, 3.8) is 0 Å². The lowest BCUT2D eigenvalue weighted by molar-refractivity contribution is 0.406. The SMILES string of the molecule is Cl.Nc1ccc2c(c1)C1CC2C1. The summed E-state index contributed by atoms with van der Waals surface area (Å²) in [6.07, 6.45) is 2.78. The van der Waals surface area contributed by atoms with E-state index in [1.54, 1.807) is 5.56 Å². The van der Waals surface area contributed by atoms with Gasteiger partial charge in [0.1, 0.15) is 0 Å². The van der Waals surface area contributed by atoms with Crippen molar-refractivity contribution >= 4 is 18.1 Å². The Labute approximate surface area is 78.4 Å². The summed E-state index contributed by atoms with van der Waals surface area (Å²) < 4.78 is 0. The Bertz CT molecular complexity index is 316. The van der Waals surface area contributed by atoms with Crippen LogP contribution in [0.4, 0.5) is 5.69 Å². The first-order valence-electron chi connectivity index (χ1n) is 4.24. The molecule has 0 heterocycles. The van der Waals surface area contributed by atoms with E-state index in [2.05, 4.69) is 12.1 Å². The summed E-state index contributed by atoms with van der Waals surface area (Å²) in [7, 11) is 0. The van der Waals surface area contributed by atoms with Gasteiger partial charge in [-0.2, -0.15) is 0 Å². The van der Waals surface area contributed by atoms with E-state index in [1.165, 1.54) is 18.4 Å². The molecular weight excluding hydrogens is 170 g/mol. The number of rotatable bonds is 0. The molecule has 1 aromatic carbocycles. The van der Waals surface area contributed by atoms with Crippen molar-refractivity contribution in [2.45, 2.75) is 24.7 Å². The maximum atomic E-state index is 5.71. The van der Waals surface area contributed by atoms with Gasteiger partial charge in [-0.25, -0.2) is 0 Å². The summed E-state index contributed by atoms with van der Waals surface area (Å²) in [5.41, 5.74) is 9.75. The summed E-state index contributed by atoms with van der Waals surface area (Å²) >= 11 is 0. The second-order valence-corrected chi connectivity index (χ2v) is 3.75. The van der Waals surface area contributed by atoms with Crippen LogP contribution in [0, 0.1) is 0 Å². The highest BCUT2D eigenvalue weighted by atomic mass is 35.5. The zero-order valence-corrected chi connectivity index (χ0v) is 7.60. The minimum absolute atomic E-state index is 0. The third-order valence-corrected chi connectivity index (χ3v) is 3.13. The van der Waals surface area contributed by atoms with Crippen LogP contribution in [-0.2, 0) is 0 Å².